The van der Waals surface area contributed by atoms with Gasteiger partial charge in [0.25, 0.3) is 0 Å². The second kappa shape index (κ2) is 7.16. The maximum absolute atomic E-state index is 5.60. The van der Waals surface area contributed by atoms with Gasteiger partial charge in [-0.05, 0) is 81.1 Å². The first-order chi connectivity index (χ1) is 12.2. The van der Waals surface area contributed by atoms with Crippen LogP contribution in [-0.2, 0) is 0 Å². The van der Waals surface area contributed by atoms with Crippen LogP contribution in [0.25, 0.3) is 10.9 Å². The first-order valence-electron chi connectivity index (χ1n) is 9.43. The molecular weight excluding hydrogens is 328 g/mol. The number of aromatic nitrogens is 1. The van der Waals surface area contributed by atoms with E-state index in [0.29, 0.717) is 0 Å². The summed E-state index contributed by atoms with van der Waals surface area (Å²) in [4.78, 5) is 9.56. The monoisotopic (exact) mass is 354 g/mol. The third-order valence-corrected chi connectivity index (χ3v) is 5.69. The zero-order valence-corrected chi connectivity index (χ0v) is 15.7. The lowest BCUT2D eigenvalue weighted by Gasteiger charge is -2.29. The Morgan fingerprint density at radius 1 is 1.00 bits per heavy atom. The Morgan fingerprint density at radius 3 is 2.48 bits per heavy atom. The molecule has 2 fully saturated rings. The number of thiocarbonyl (C=S) groups is 1. The van der Waals surface area contributed by atoms with Gasteiger partial charge in [0, 0.05) is 37.3 Å². The molecule has 0 saturated carbocycles. The molecule has 132 valence electrons. The van der Waals surface area contributed by atoms with Crippen LogP contribution < -0.4 is 10.2 Å². The Morgan fingerprint density at radius 2 is 1.72 bits per heavy atom. The van der Waals surface area contributed by atoms with Gasteiger partial charge in [-0.25, -0.2) is 4.98 Å². The zero-order chi connectivity index (χ0) is 17.2. The Balaban J connectivity index is 1.56. The molecule has 4 rings (SSSR count). The lowest BCUT2D eigenvalue weighted by Crippen LogP contribution is -2.38. The molecule has 2 aliphatic heterocycles. The quantitative estimate of drug-likeness (QED) is 0.812. The van der Waals surface area contributed by atoms with Crippen molar-refractivity contribution >= 4 is 39.7 Å². The van der Waals surface area contributed by atoms with E-state index in [9.17, 15) is 0 Å². The molecule has 2 aliphatic rings. The van der Waals surface area contributed by atoms with E-state index in [0.717, 1.165) is 48.3 Å². The van der Waals surface area contributed by atoms with Gasteiger partial charge in [-0.15, -0.1) is 0 Å². The van der Waals surface area contributed by atoms with Crippen LogP contribution in [0.15, 0.2) is 24.3 Å². The third kappa shape index (κ3) is 3.56. The number of piperidine rings is 1. The van der Waals surface area contributed by atoms with Crippen molar-refractivity contribution in [3.8, 4) is 0 Å². The fourth-order valence-corrected chi connectivity index (χ4v) is 4.16. The lowest BCUT2D eigenvalue weighted by atomic mass is 10.1. The van der Waals surface area contributed by atoms with E-state index >= 15 is 0 Å². The fraction of sp³-hybridized carbons (Fsp3) is 0.500. The van der Waals surface area contributed by atoms with Crippen molar-refractivity contribution in [2.75, 3.05) is 36.4 Å². The molecule has 2 aromatic rings. The minimum Gasteiger partial charge on any atom is -0.357 e. The number of nitrogens with one attached hydrogen (secondary N) is 1. The van der Waals surface area contributed by atoms with E-state index in [1.54, 1.807) is 0 Å². The molecule has 0 amide bonds. The maximum atomic E-state index is 5.60. The number of anilines is 2. The molecule has 0 atom stereocenters. The second-order valence-corrected chi connectivity index (χ2v) is 7.59. The number of benzene rings is 1. The largest absolute Gasteiger partial charge is 0.357 e. The molecule has 4 nitrogen and oxygen atoms in total. The SMILES string of the molecule is Cc1cc(N2CCCC2)nc2ccc(NC(=S)N3CCCCC3)cc12. The van der Waals surface area contributed by atoms with Gasteiger partial charge in [0.15, 0.2) is 5.11 Å². The van der Waals surface area contributed by atoms with Crippen LogP contribution in [0.1, 0.15) is 37.7 Å². The van der Waals surface area contributed by atoms with Crippen molar-refractivity contribution < 1.29 is 0 Å². The van der Waals surface area contributed by atoms with Gasteiger partial charge < -0.3 is 15.1 Å². The first kappa shape index (κ1) is 16.6. The standard InChI is InChI=1S/C20H26N4S/c1-15-13-19(23-9-5-6-10-23)22-18-8-7-16(14-17(15)18)21-20(25)24-11-3-2-4-12-24/h7-8,13-14H,2-6,9-12H2,1H3,(H,21,25). The summed E-state index contributed by atoms with van der Waals surface area (Å²) in [5.74, 6) is 1.12. The Kier molecular flexibility index (Phi) is 4.75. The Labute approximate surface area is 155 Å². The molecule has 0 radical (unpaired) electrons. The molecule has 0 aliphatic carbocycles. The van der Waals surface area contributed by atoms with Gasteiger partial charge >= 0.3 is 0 Å². The molecule has 1 aromatic heterocycles. The normalized spacial score (nSPS) is 18.0. The molecule has 0 spiro atoms. The minimum atomic E-state index is 0.846. The van der Waals surface area contributed by atoms with Crippen molar-refractivity contribution in [1.29, 1.82) is 0 Å². The van der Waals surface area contributed by atoms with Crippen LogP contribution in [0.3, 0.4) is 0 Å². The second-order valence-electron chi connectivity index (χ2n) is 7.20. The average Bonchev–Trinajstić information content (AvgIpc) is 3.17. The summed E-state index contributed by atoms with van der Waals surface area (Å²) in [5.41, 5.74) is 3.40. The summed E-state index contributed by atoms with van der Waals surface area (Å²) in [6, 6.07) is 8.61. The summed E-state index contributed by atoms with van der Waals surface area (Å²) in [6.45, 7) is 6.57. The van der Waals surface area contributed by atoms with Crippen molar-refractivity contribution in [2.24, 2.45) is 0 Å². The van der Waals surface area contributed by atoms with E-state index in [-0.39, 0.29) is 0 Å². The van der Waals surface area contributed by atoms with Crippen LogP contribution in [0.5, 0.6) is 0 Å². The van der Waals surface area contributed by atoms with E-state index in [1.165, 1.54) is 43.1 Å². The smallest absolute Gasteiger partial charge is 0.173 e. The van der Waals surface area contributed by atoms with E-state index in [1.807, 2.05) is 0 Å². The molecule has 25 heavy (non-hydrogen) atoms. The zero-order valence-electron chi connectivity index (χ0n) is 14.9. The highest BCUT2D eigenvalue weighted by molar-refractivity contribution is 7.80. The van der Waals surface area contributed by atoms with Crippen molar-refractivity contribution in [3.05, 3.63) is 29.8 Å². The number of nitrogens with zero attached hydrogens (tertiary/aromatic N) is 3. The van der Waals surface area contributed by atoms with Crippen LogP contribution in [-0.4, -0.2) is 41.2 Å². The number of fused-ring (bicyclic) bond motifs is 1. The molecule has 0 unspecified atom stereocenters. The van der Waals surface area contributed by atoms with Gasteiger partial charge in [0.2, 0.25) is 0 Å². The highest BCUT2D eigenvalue weighted by Gasteiger charge is 2.16. The number of likely N-dealkylation sites (tertiary alicyclic amines) is 1. The number of aryl methyl sites for hydroxylation is 1. The molecule has 3 heterocycles. The van der Waals surface area contributed by atoms with Crippen molar-refractivity contribution in [3.63, 3.8) is 0 Å². The van der Waals surface area contributed by atoms with Crippen LogP contribution in [0.4, 0.5) is 11.5 Å². The van der Waals surface area contributed by atoms with Gasteiger partial charge in [-0.3, -0.25) is 0 Å². The van der Waals surface area contributed by atoms with Gasteiger partial charge in [0.1, 0.15) is 5.82 Å². The highest BCUT2D eigenvalue weighted by atomic mass is 32.1. The minimum absolute atomic E-state index is 0.846. The summed E-state index contributed by atoms with van der Waals surface area (Å²) in [7, 11) is 0. The first-order valence-corrected chi connectivity index (χ1v) is 9.84. The predicted octanol–water partition coefficient (Wildman–Crippen LogP) is 4.33. The van der Waals surface area contributed by atoms with E-state index in [4.69, 9.17) is 17.2 Å². The summed E-state index contributed by atoms with van der Waals surface area (Å²) < 4.78 is 0. The summed E-state index contributed by atoms with van der Waals surface area (Å²) >= 11 is 5.60. The third-order valence-electron chi connectivity index (χ3n) is 5.33. The Bertz CT molecular complexity index is 777. The summed E-state index contributed by atoms with van der Waals surface area (Å²) in [5, 5.41) is 5.47. The van der Waals surface area contributed by atoms with Crippen LogP contribution in [0, 0.1) is 6.92 Å². The van der Waals surface area contributed by atoms with Crippen LogP contribution >= 0.6 is 12.2 Å². The topological polar surface area (TPSA) is 31.4 Å². The van der Waals surface area contributed by atoms with Crippen LogP contribution in [0.2, 0.25) is 0 Å². The van der Waals surface area contributed by atoms with Gasteiger partial charge in [0.05, 0.1) is 5.52 Å². The van der Waals surface area contributed by atoms with Gasteiger partial charge in [-0.1, -0.05) is 0 Å². The number of pyridine rings is 1. The van der Waals surface area contributed by atoms with Crippen molar-refractivity contribution in [1.82, 2.24) is 9.88 Å². The molecule has 1 aromatic carbocycles. The Hall–Kier alpha value is -1.88. The lowest BCUT2D eigenvalue weighted by molar-refractivity contribution is 0.346. The molecular formula is C20H26N4S. The predicted molar refractivity (Wildman–Crippen MR) is 110 cm³/mol. The number of hydrogen-bond acceptors (Lipinski definition) is 3. The molecule has 2 saturated heterocycles. The maximum Gasteiger partial charge on any atom is 0.173 e. The highest BCUT2D eigenvalue weighted by Crippen LogP contribution is 2.27. The summed E-state index contributed by atoms with van der Waals surface area (Å²) in [6.07, 6.45) is 6.34. The number of hydrogen-bond donors (Lipinski definition) is 1. The number of rotatable bonds is 2. The fourth-order valence-electron chi connectivity index (χ4n) is 3.86. The molecule has 0 bridgehead atoms. The van der Waals surface area contributed by atoms with E-state index in [2.05, 4.69) is 46.3 Å². The average molecular weight is 355 g/mol. The molecule has 5 heteroatoms. The molecule has 1 N–H and O–H groups in total. The van der Waals surface area contributed by atoms with E-state index < -0.39 is 0 Å². The van der Waals surface area contributed by atoms with Crippen molar-refractivity contribution in [2.45, 2.75) is 39.0 Å². The van der Waals surface area contributed by atoms with Gasteiger partial charge in [-0.2, -0.15) is 0 Å².